The van der Waals surface area contributed by atoms with Crippen LogP contribution in [-0.4, -0.2) is 20.3 Å². The Labute approximate surface area is 94.0 Å². The highest BCUT2D eigenvalue weighted by atomic mass is 79.9. The van der Waals surface area contributed by atoms with Crippen LogP contribution in [0.4, 0.5) is 0 Å². The predicted octanol–water partition coefficient (Wildman–Crippen LogP) is 2.65. The van der Waals surface area contributed by atoms with Gasteiger partial charge in [0.15, 0.2) is 0 Å². The maximum Gasteiger partial charge on any atom is 0.0835 e. The van der Waals surface area contributed by atoms with Gasteiger partial charge in [-0.05, 0) is 5.92 Å². The lowest BCUT2D eigenvalue weighted by molar-refractivity contribution is 0.390. The zero-order chi connectivity index (χ0) is 10.4. The largest absolute Gasteiger partial charge is 0.252 e. The van der Waals surface area contributed by atoms with Crippen LogP contribution < -0.4 is 0 Å². The third kappa shape index (κ3) is 3.40. The molecule has 0 aliphatic rings. The predicted molar refractivity (Wildman–Crippen MR) is 61.6 cm³/mol. The van der Waals surface area contributed by atoms with Gasteiger partial charge in [0.25, 0.3) is 0 Å². The molecule has 1 heterocycles. The van der Waals surface area contributed by atoms with Crippen LogP contribution in [0, 0.1) is 5.92 Å². The Morgan fingerprint density at radius 1 is 1.43 bits per heavy atom. The Balaban J connectivity index is 2.49. The monoisotopic (exact) mass is 259 g/mol. The molecule has 0 spiro atoms. The second kappa shape index (κ2) is 6.17. The van der Waals surface area contributed by atoms with Gasteiger partial charge in [-0.1, -0.05) is 47.8 Å². The maximum atomic E-state index is 4.12. The minimum absolute atomic E-state index is 0.730. The lowest BCUT2D eigenvalue weighted by atomic mass is 10.0. The van der Waals surface area contributed by atoms with Crippen LogP contribution >= 0.6 is 15.9 Å². The molecular weight excluding hydrogens is 242 g/mol. The lowest BCUT2D eigenvalue weighted by Gasteiger charge is -2.10. The second-order valence-corrected chi connectivity index (χ2v) is 4.35. The van der Waals surface area contributed by atoms with Gasteiger partial charge >= 0.3 is 0 Å². The fourth-order valence-electron chi connectivity index (χ4n) is 1.45. The third-order valence-corrected chi connectivity index (χ3v) is 2.93. The van der Waals surface area contributed by atoms with Gasteiger partial charge in [0.05, 0.1) is 5.69 Å². The molecule has 0 radical (unpaired) electrons. The van der Waals surface area contributed by atoms with Crippen molar-refractivity contribution in [1.82, 2.24) is 15.0 Å². The Hall–Kier alpha value is -0.380. The van der Waals surface area contributed by atoms with Gasteiger partial charge in [0.1, 0.15) is 0 Å². The quantitative estimate of drug-likeness (QED) is 0.736. The first-order valence-electron chi connectivity index (χ1n) is 5.25. The van der Waals surface area contributed by atoms with Crippen LogP contribution in [0.25, 0.3) is 0 Å². The molecule has 14 heavy (non-hydrogen) atoms. The van der Waals surface area contributed by atoms with Gasteiger partial charge < -0.3 is 0 Å². The molecule has 0 aromatic carbocycles. The first-order chi connectivity index (χ1) is 6.80. The molecule has 0 aliphatic carbocycles. The molecule has 0 saturated heterocycles. The molecule has 0 unspecified atom stereocenters. The van der Waals surface area contributed by atoms with Crippen LogP contribution in [0.5, 0.6) is 0 Å². The molecule has 80 valence electrons. The van der Waals surface area contributed by atoms with Crippen molar-refractivity contribution in [2.24, 2.45) is 5.92 Å². The van der Waals surface area contributed by atoms with E-state index in [-0.39, 0.29) is 0 Å². The first-order valence-corrected chi connectivity index (χ1v) is 6.37. The molecule has 0 fully saturated rings. The molecule has 0 bridgehead atoms. The molecule has 0 N–H and O–H groups in total. The Bertz CT molecular complexity index is 256. The summed E-state index contributed by atoms with van der Waals surface area (Å²) in [4.78, 5) is 0. The summed E-state index contributed by atoms with van der Waals surface area (Å²) in [6.45, 7) is 5.46. The van der Waals surface area contributed by atoms with E-state index in [4.69, 9.17) is 0 Å². The number of alkyl halides is 1. The van der Waals surface area contributed by atoms with Crippen molar-refractivity contribution in [3.63, 3.8) is 0 Å². The molecule has 1 aromatic rings. The number of hydrogen-bond acceptors (Lipinski definition) is 2. The van der Waals surface area contributed by atoms with Gasteiger partial charge in [-0.2, -0.15) is 0 Å². The fraction of sp³-hybridized carbons (Fsp3) is 0.800. The highest BCUT2D eigenvalue weighted by Gasteiger charge is 2.06. The van der Waals surface area contributed by atoms with Crippen molar-refractivity contribution in [3.05, 3.63) is 11.9 Å². The second-order valence-electron chi connectivity index (χ2n) is 3.55. The minimum Gasteiger partial charge on any atom is -0.252 e. The van der Waals surface area contributed by atoms with Crippen LogP contribution in [0.3, 0.4) is 0 Å². The average Bonchev–Trinajstić information content (AvgIpc) is 2.63. The normalized spacial score (nSPS) is 11.1. The van der Waals surface area contributed by atoms with E-state index < -0.39 is 0 Å². The fourth-order valence-corrected chi connectivity index (χ4v) is 1.86. The number of rotatable bonds is 6. The van der Waals surface area contributed by atoms with Crippen molar-refractivity contribution in [2.45, 2.75) is 39.7 Å². The van der Waals surface area contributed by atoms with E-state index in [1.54, 1.807) is 0 Å². The van der Waals surface area contributed by atoms with Crippen molar-refractivity contribution in [1.29, 1.82) is 0 Å². The molecule has 0 atom stereocenters. The molecular formula is C10H18BrN3. The van der Waals surface area contributed by atoms with E-state index >= 15 is 0 Å². The standard InChI is InChI=1S/C10H18BrN3/c1-3-9(4-2)7-14-8-10(5-6-11)12-13-14/h8-9H,3-7H2,1-2H3. The Morgan fingerprint density at radius 2 is 2.14 bits per heavy atom. The SMILES string of the molecule is CCC(CC)Cn1cc(CCBr)nn1. The summed E-state index contributed by atoms with van der Waals surface area (Å²) in [5, 5.41) is 9.18. The van der Waals surface area contributed by atoms with Gasteiger partial charge in [-0.3, -0.25) is 4.68 Å². The summed E-state index contributed by atoms with van der Waals surface area (Å²) in [7, 11) is 0. The van der Waals surface area contributed by atoms with Crippen LogP contribution in [0.15, 0.2) is 6.20 Å². The van der Waals surface area contributed by atoms with E-state index in [0.717, 1.165) is 29.9 Å². The summed E-state index contributed by atoms with van der Waals surface area (Å²) < 4.78 is 1.97. The zero-order valence-electron chi connectivity index (χ0n) is 8.91. The molecule has 0 amide bonds. The molecule has 1 aromatic heterocycles. The number of aryl methyl sites for hydroxylation is 1. The number of aromatic nitrogens is 3. The number of halogens is 1. The van der Waals surface area contributed by atoms with Crippen LogP contribution in [0.2, 0.25) is 0 Å². The highest BCUT2D eigenvalue weighted by Crippen LogP contribution is 2.10. The number of nitrogens with zero attached hydrogens (tertiary/aromatic N) is 3. The number of hydrogen-bond donors (Lipinski definition) is 0. The lowest BCUT2D eigenvalue weighted by Crippen LogP contribution is -2.09. The summed E-state index contributed by atoms with van der Waals surface area (Å²) in [6, 6.07) is 0. The van der Waals surface area contributed by atoms with E-state index in [9.17, 15) is 0 Å². The highest BCUT2D eigenvalue weighted by molar-refractivity contribution is 9.09. The molecule has 0 saturated carbocycles. The Kier molecular flexibility index (Phi) is 5.15. The summed E-state index contributed by atoms with van der Waals surface area (Å²) in [5.41, 5.74) is 1.08. The summed E-state index contributed by atoms with van der Waals surface area (Å²) >= 11 is 3.40. The molecule has 1 rings (SSSR count). The molecule has 3 nitrogen and oxygen atoms in total. The van der Waals surface area contributed by atoms with E-state index in [1.165, 1.54) is 12.8 Å². The van der Waals surface area contributed by atoms with Crippen LogP contribution in [-0.2, 0) is 13.0 Å². The summed E-state index contributed by atoms with van der Waals surface area (Å²) in [6.07, 6.45) is 5.44. The smallest absolute Gasteiger partial charge is 0.0835 e. The van der Waals surface area contributed by atoms with E-state index in [1.807, 2.05) is 4.68 Å². The summed E-state index contributed by atoms with van der Waals surface area (Å²) in [5.74, 6) is 0.730. The van der Waals surface area contributed by atoms with E-state index in [0.29, 0.717) is 0 Å². The van der Waals surface area contributed by atoms with Crippen LogP contribution in [0.1, 0.15) is 32.4 Å². The first kappa shape index (κ1) is 11.7. The molecule has 4 heteroatoms. The van der Waals surface area contributed by atoms with Crippen molar-refractivity contribution in [3.8, 4) is 0 Å². The molecule has 0 aliphatic heterocycles. The van der Waals surface area contributed by atoms with E-state index in [2.05, 4.69) is 46.3 Å². The van der Waals surface area contributed by atoms with Gasteiger partial charge in [0.2, 0.25) is 0 Å². The minimum atomic E-state index is 0.730. The van der Waals surface area contributed by atoms with Crippen molar-refractivity contribution < 1.29 is 0 Å². The average molecular weight is 260 g/mol. The zero-order valence-corrected chi connectivity index (χ0v) is 10.5. The van der Waals surface area contributed by atoms with Crippen molar-refractivity contribution in [2.75, 3.05) is 5.33 Å². The van der Waals surface area contributed by atoms with Gasteiger partial charge in [-0.25, -0.2) is 0 Å². The third-order valence-electron chi connectivity index (χ3n) is 2.54. The van der Waals surface area contributed by atoms with Crippen molar-refractivity contribution >= 4 is 15.9 Å². The topological polar surface area (TPSA) is 30.7 Å². The van der Waals surface area contributed by atoms with Gasteiger partial charge in [0, 0.05) is 24.5 Å². The Morgan fingerprint density at radius 3 is 2.71 bits per heavy atom. The maximum absolute atomic E-state index is 4.12. The van der Waals surface area contributed by atoms with Gasteiger partial charge in [-0.15, -0.1) is 5.10 Å².